The molecule has 0 fully saturated rings. The molecule has 2 rings (SSSR count). The van der Waals surface area contributed by atoms with E-state index in [0.717, 1.165) is 25.5 Å². The topological polar surface area (TPSA) is 47.5 Å². The zero-order valence-electron chi connectivity index (χ0n) is 17.3. The van der Waals surface area contributed by atoms with E-state index in [9.17, 15) is 13.2 Å². The summed E-state index contributed by atoms with van der Waals surface area (Å²) in [5.74, 6) is 0.618. The van der Waals surface area contributed by atoms with Crippen LogP contribution in [0.15, 0.2) is 30.5 Å². The Bertz CT molecular complexity index is 765. The fourth-order valence-corrected chi connectivity index (χ4v) is 2.55. The van der Waals surface area contributed by atoms with Gasteiger partial charge in [0, 0.05) is 18.9 Å². The van der Waals surface area contributed by atoms with Gasteiger partial charge in [0.25, 0.3) is 0 Å². The molecular formula is C21H28F3N3O2. The molecule has 8 heteroatoms. The molecule has 0 bridgehead atoms. The monoisotopic (exact) mass is 411 g/mol. The standard InChI is InChI=1S/C21H28F3N3O2/c1-5-6-7-12-28-17-10-8-16(9-11-17)27(4)19-18(21(22,23)24)13-25-20(26-19)29-14-15(2)3/h8-11,13,15H,5-7,12,14H2,1-4H3. The van der Waals surface area contributed by atoms with Crippen molar-refractivity contribution in [3.8, 4) is 11.8 Å². The Hall–Kier alpha value is -2.51. The average molecular weight is 411 g/mol. The minimum atomic E-state index is -4.58. The number of alkyl halides is 3. The van der Waals surface area contributed by atoms with Crippen LogP contribution in [0.2, 0.25) is 0 Å². The van der Waals surface area contributed by atoms with Gasteiger partial charge < -0.3 is 14.4 Å². The molecule has 0 radical (unpaired) electrons. The van der Waals surface area contributed by atoms with Crippen molar-refractivity contribution < 1.29 is 22.6 Å². The summed E-state index contributed by atoms with van der Waals surface area (Å²) in [6.45, 7) is 6.92. The second kappa shape index (κ2) is 10.3. The summed E-state index contributed by atoms with van der Waals surface area (Å²) < 4.78 is 51.5. The Morgan fingerprint density at radius 1 is 1.07 bits per heavy atom. The summed E-state index contributed by atoms with van der Waals surface area (Å²) in [4.78, 5) is 9.11. The summed E-state index contributed by atoms with van der Waals surface area (Å²) in [5, 5.41) is 0. The highest BCUT2D eigenvalue weighted by atomic mass is 19.4. The SMILES string of the molecule is CCCCCOc1ccc(N(C)c2nc(OCC(C)C)ncc2C(F)(F)F)cc1. The first-order chi connectivity index (χ1) is 13.7. The van der Waals surface area contributed by atoms with E-state index in [2.05, 4.69) is 16.9 Å². The predicted molar refractivity (Wildman–Crippen MR) is 107 cm³/mol. The maximum atomic E-state index is 13.5. The minimum absolute atomic E-state index is 0.0792. The van der Waals surface area contributed by atoms with Crippen molar-refractivity contribution in [2.75, 3.05) is 25.2 Å². The molecule has 2 aromatic rings. The lowest BCUT2D eigenvalue weighted by atomic mass is 10.2. The van der Waals surface area contributed by atoms with Gasteiger partial charge in [0.1, 0.15) is 11.3 Å². The zero-order valence-corrected chi connectivity index (χ0v) is 17.3. The van der Waals surface area contributed by atoms with Gasteiger partial charge in [-0.2, -0.15) is 18.2 Å². The number of hydrogen-bond acceptors (Lipinski definition) is 5. The van der Waals surface area contributed by atoms with Crippen molar-refractivity contribution in [1.82, 2.24) is 9.97 Å². The number of benzene rings is 1. The quantitative estimate of drug-likeness (QED) is 0.458. The molecular weight excluding hydrogens is 383 g/mol. The third-order valence-corrected chi connectivity index (χ3v) is 4.16. The van der Waals surface area contributed by atoms with Crippen LogP contribution in [0.5, 0.6) is 11.8 Å². The summed E-state index contributed by atoms with van der Waals surface area (Å²) in [6.07, 6.45) is -0.651. The summed E-state index contributed by atoms with van der Waals surface area (Å²) in [5.41, 5.74) is -0.373. The van der Waals surface area contributed by atoms with Crippen LogP contribution in [0.4, 0.5) is 24.7 Å². The van der Waals surface area contributed by atoms with Gasteiger partial charge in [-0.05, 0) is 36.6 Å². The van der Waals surface area contributed by atoms with Crippen LogP contribution in [0.3, 0.4) is 0 Å². The molecule has 1 heterocycles. The number of ether oxygens (including phenoxy) is 2. The first-order valence-corrected chi connectivity index (χ1v) is 9.76. The highest BCUT2D eigenvalue weighted by molar-refractivity contribution is 5.63. The lowest BCUT2D eigenvalue weighted by Crippen LogP contribution is -2.20. The number of unbranched alkanes of at least 4 members (excludes halogenated alkanes) is 2. The van der Waals surface area contributed by atoms with Gasteiger partial charge in [-0.15, -0.1) is 0 Å². The summed E-state index contributed by atoms with van der Waals surface area (Å²) in [7, 11) is 1.53. The third-order valence-electron chi connectivity index (χ3n) is 4.16. The molecule has 0 aliphatic carbocycles. The molecule has 1 aromatic heterocycles. The fraction of sp³-hybridized carbons (Fsp3) is 0.524. The van der Waals surface area contributed by atoms with Gasteiger partial charge in [0.2, 0.25) is 0 Å². The number of rotatable bonds is 10. The zero-order chi connectivity index (χ0) is 21.4. The van der Waals surface area contributed by atoms with Crippen molar-refractivity contribution in [3.05, 3.63) is 36.0 Å². The van der Waals surface area contributed by atoms with Crippen molar-refractivity contribution in [2.24, 2.45) is 5.92 Å². The Kier molecular flexibility index (Phi) is 8.10. The van der Waals surface area contributed by atoms with Crippen LogP contribution in [0.1, 0.15) is 45.6 Å². The van der Waals surface area contributed by atoms with Crippen LogP contribution in [-0.4, -0.2) is 30.2 Å². The molecule has 5 nitrogen and oxygen atoms in total. The number of aromatic nitrogens is 2. The molecule has 0 atom stereocenters. The highest BCUT2D eigenvalue weighted by Gasteiger charge is 2.36. The molecule has 0 saturated carbocycles. The maximum absolute atomic E-state index is 13.5. The molecule has 0 saturated heterocycles. The molecule has 0 N–H and O–H groups in total. The number of hydrogen-bond donors (Lipinski definition) is 0. The smallest absolute Gasteiger partial charge is 0.421 e. The molecule has 0 spiro atoms. The first-order valence-electron chi connectivity index (χ1n) is 9.76. The Morgan fingerprint density at radius 3 is 2.34 bits per heavy atom. The van der Waals surface area contributed by atoms with Gasteiger partial charge >= 0.3 is 12.2 Å². The molecule has 1 aromatic carbocycles. The fourth-order valence-electron chi connectivity index (χ4n) is 2.55. The molecule has 0 amide bonds. The van der Waals surface area contributed by atoms with E-state index < -0.39 is 11.7 Å². The molecule has 160 valence electrons. The van der Waals surface area contributed by atoms with E-state index in [1.165, 1.54) is 11.9 Å². The van der Waals surface area contributed by atoms with E-state index in [-0.39, 0.29) is 17.7 Å². The van der Waals surface area contributed by atoms with Crippen molar-refractivity contribution in [2.45, 2.75) is 46.2 Å². The maximum Gasteiger partial charge on any atom is 0.421 e. The second-order valence-electron chi connectivity index (χ2n) is 7.20. The number of anilines is 2. The molecule has 0 aliphatic heterocycles. The molecule has 29 heavy (non-hydrogen) atoms. The Morgan fingerprint density at radius 2 is 1.76 bits per heavy atom. The predicted octanol–water partition coefficient (Wildman–Crippen LogP) is 5.87. The Labute approximate surface area is 169 Å². The number of halogens is 3. The van der Waals surface area contributed by atoms with Crippen LogP contribution >= 0.6 is 0 Å². The van der Waals surface area contributed by atoms with Crippen LogP contribution < -0.4 is 14.4 Å². The Balaban J connectivity index is 2.22. The summed E-state index contributed by atoms with van der Waals surface area (Å²) in [6, 6.07) is 6.80. The van der Waals surface area contributed by atoms with E-state index in [0.29, 0.717) is 24.7 Å². The van der Waals surface area contributed by atoms with Gasteiger partial charge in [0.05, 0.1) is 13.2 Å². The summed E-state index contributed by atoms with van der Waals surface area (Å²) >= 11 is 0. The van der Waals surface area contributed by atoms with Crippen molar-refractivity contribution in [3.63, 3.8) is 0 Å². The molecule has 0 aliphatic rings. The third kappa shape index (κ3) is 6.80. The average Bonchev–Trinajstić information content (AvgIpc) is 2.68. The van der Waals surface area contributed by atoms with Crippen LogP contribution in [0.25, 0.3) is 0 Å². The largest absolute Gasteiger partial charge is 0.494 e. The van der Waals surface area contributed by atoms with Crippen LogP contribution in [0, 0.1) is 5.92 Å². The van der Waals surface area contributed by atoms with Crippen molar-refractivity contribution >= 4 is 11.5 Å². The normalized spacial score (nSPS) is 11.6. The van der Waals surface area contributed by atoms with Crippen LogP contribution in [-0.2, 0) is 6.18 Å². The van der Waals surface area contributed by atoms with Crippen molar-refractivity contribution in [1.29, 1.82) is 0 Å². The van der Waals surface area contributed by atoms with Gasteiger partial charge in [-0.25, -0.2) is 4.98 Å². The van der Waals surface area contributed by atoms with E-state index >= 15 is 0 Å². The molecule has 0 unspecified atom stereocenters. The van der Waals surface area contributed by atoms with Gasteiger partial charge in [-0.3, -0.25) is 0 Å². The lowest BCUT2D eigenvalue weighted by Gasteiger charge is -2.23. The lowest BCUT2D eigenvalue weighted by molar-refractivity contribution is -0.137. The first kappa shape index (κ1) is 22.8. The highest BCUT2D eigenvalue weighted by Crippen LogP contribution is 2.38. The van der Waals surface area contributed by atoms with E-state index in [4.69, 9.17) is 9.47 Å². The minimum Gasteiger partial charge on any atom is -0.494 e. The second-order valence-corrected chi connectivity index (χ2v) is 7.20. The number of nitrogens with zero attached hydrogens (tertiary/aromatic N) is 3. The van der Waals surface area contributed by atoms with Gasteiger partial charge in [0.15, 0.2) is 5.82 Å². The van der Waals surface area contributed by atoms with E-state index in [1.54, 1.807) is 24.3 Å². The van der Waals surface area contributed by atoms with E-state index in [1.807, 2.05) is 13.8 Å². The van der Waals surface area contributed by atoms with Gasteiger partial charge in [-0.1, -0.05) is 33.6 Å².